The van der Waals surface area contributed by atoms with Gasteiger partial charge in [-0.05, 0) is 31.0 Å². The topological polar surface area (TPSA) is 75.4 Å². The van der Waals surface area contributed by atoms with Crippen LogP contribution in [0.25, 0.3) is 11.1 Å². The van der Waals surface area contributed by atoms with Gasteiger partial charge in [0.1, 0.15) is 5.52 Å². The van der Waals surface area contributed by atoms with Gasteiger partial charge in [0, 0.05) is 31.1 Å². The van der Waals surface area contributed by atoms with E-state index in [2.05, 4.69) is 10.3 Å². The summed E-state index contributed by atoms with van der Waals surface area (Å²) < 4.78 is 5.57. The van der Waals surface area contributed by atoms with Gasteiger partial charge in [-0.3, -0.25) is 9.59 Å². The van der Waals surface area contributed by atoms with Crippen molar-refractivity contribution >= 4 is 46.3 Å². The summed E-state index contributed by atoms with van der Waals surface area (Å²) >= 11 is 7.17. The van der Waals surface area contributed by atoms with Crippen LogP contribution in [0.4, 0.5) is 0 Å². The minimum Gasteiger partial charge on any atom is -0.431 e. The van der Waals surface area contributed by atoms with E-state index < -0.39 is 0 Å². The third-order valence-corrected chi connectivity index (χ3v) is 5.03. The molecule has 0 spiro atoms. The van der Waals surface area contributed by atoms with Crippen LogP contribution in [0.5, 0.6) is 0 Å². The number of likely N-dealkylation sites (tertiary alicyclic amines) is 1. The van der Waals surface area contributed by atoms with E-state index in [9.17, 15) is 9.59 Å². The predicted octanol–water partition coefficient (Wildman–Crippen LogP) is 2.70. The summed E-state index contributed by atoms with van der Waals surface area (Å²) in [7, 11) is 0. The molecule has 0 saturated carbocycles. The van der Waals surface area contributed by atoms with Gasteiger partial charge in [0.15, 0.2) is 5.58 Å². The van der Waals surface area contributed by atoms with E-state index >= 15 is 0 Å². The molecule has 2 aromatic rings. The highest BCUT2D eigenvalue weighted by Crippen LogP contribution is 2.25. The van der Waals surface area contributed by atoms with Crippen molar-refractivity contribution in [3.63, 3.8) is 0 Å². The number of hydrogen-bond donors (Lipinski definition) is 1. The molecule has 3 rings (SSSR count). The molecule has 24 heavy (non-hydrogen) atoms. The number of benzene rings is 1. The van der Waals surface area contributed by atoms with Gasteiger partial charge in [-0.15, -0.1) is 0 Å². The number of aromatic nitrogens is 1. The molecule has 2 amide bonds. The van der Waals surface area contributed by atoms with Crippen molar-refractivity contribution in [3.05, 3.63) is 23.2 Å². The molecule has 1 fully saturated rings. The molecule has 6 nitrogen and oxygen atoms in total. The van der Waals surface area contributed by atoms with Crippen molar-refractivity contribution < 1.29 is 14.0 Å². The lowest BCUT2D eigenvalue weighted by Crippen LogP contribution is -2.46. The quantitative estimate of drug-likeness (QED) is 0.841. The highest BCUT2D eigenvalue weighted by molar-refractivity contribution is 7.99. The van der Waals surface area contributed by atoms with Gasteiger partial charge in [0.2, 0.25) is 11.8 Å². The summed E-state index contributed by atoms with van der Waals surface area (Å²) in [6, 6.07) is 5.35. The summed E-state index contributed by atoms with van der Waals surface area (Å²) in [5, 5.41) is 4.05. The molecular formula is C16H18ClN3O3S. The fourth-order valence-electron chi connectivity index (χ4n) is 2.68. The molecule has 2 heterocycles. The normalized spacial score (nSPS) is 15.7. The van der Waals surface area contributed by atoms with Crippen molar-refractivity contribution in [2.45, 2.75) is 31.0 Å². The largest absolute Gasteiger partial charge is 0.431 e. The average Bonchev–Trinajstić information content (AvgIpc) is 2.95. The molecular weight excluding hydrogens is 350 g/mol. The highest BCUT2D eigenvalue weighted by Gasteiger charge is 2.22. The Morgan fingerprint density at radius 3 is 2.88 bits per heavy atom. The lowest BCUT2D eigenvalue weighted by molar-refractivity contribution is -0.130. The van der Waals surface area contributed by atoms with Gasteiger partial charge in [-0.25, -0.2) is 4.98 Å². The molecule has 1 saturated heterocycles. The molecule has 0 atom stereocenters. The molecule has 1 aliphatic rings. The number of halogens is 1. The summed E-state index contributed by atoms with van der Waals surface area (Å²) in [6.45, 7) is 2.96. The van der Waals surface area contributed by atoms with Crippen LogP contribution in [0.1, 0.15) is 19.8 Å². The van der Waals surface area contributed by atoms with Crippen LogP contribution in [0.15, 0.2) is 27.8 Å². The lowest BCUT2D eigenvalue weighted by atomic mass is 10.1. The van der Waals surface area contributed by atoms with Crippen LogP contribution in [-0.4, -0.2) is 46.6 Å². The third kappa shape index (κ3) is 4.21. The Morgan fingerprint density at radius 1 is 1.42 bits per heavy atom. The van der Waals surface area contributed by atoms with Crippen LogP contribution in [0.3, 0.4) is 0 Å². The van der Waals surface area contributed by atoms with Crippen LogP contribution in [0, 0.1) is 0 Å². The second kappa shape index (κ2) is 7.44. The number of nitrogens with one attached hydrogen (secondary N) is 1. The monoisotopic (exact) mass is 367 g/mol. The second-order valence-corrected chi connectivity index (χ2v) is 7.09. The molecule has 128 valence electrons. The van der Waals surface area contributed by atoms with Gasteiger partial charge in [0.25, 0.3) is 5.22 Å². The van der Waals surface area contributed by atoms with Crippen LogP contribution in [0.2, 0.25) is 5.02 Å². The standard InChI is InChI=1S/C16H18ClN3O3S/c1-10(21)20-6-4-12(5-7-20)18-15(22)9-24-16-19-13-8-11(17)2-3-14(13)23-16/h2-3,8,12H,4-7,9H2,1H3,(H,18,22). The van der Waals surface area contributed by atoms with E-state index in [0.29, 0.717) is 34.4 Å². The van der Waals surface area contributed by atoms with E-state index in [1.54, 1.807) is 30.0 Å². The number of fused-ring (bicyclic) bond motifs is 1. The van der Waals surface area contributed by atoms with Gasteiger partial charge in [0.05, 0.1) is 5.75 Å². The van der Waals surface area contributed by atoms with Gasteiger partial charge in [-0.2, -0.15) is 0 Å². The molecule has 0 radical (unpaired) electrons. The van der Waals surface area contributed by atoms with Crippen LogP contribution in [-0.2, 0) is 9.59 Å². The van der Waals surface area contributed by atoms with Crippen molar-refractivity contribution in [2.24, 2.45) is 0 Å². The number of amides is 2. The zero-order valence-electron chi connectivity index (χ0n) is 13.3. The first kappa shape index (κ1) is 17.1. The number of piperidine rings is 1. The van der Waals surface area contributed by atoms with E-state index in [1.807, 2.05) is 0 Å². The predicted molar refractivity (Wildman–Crippen MR) is 93.2 cm³/mol. The molecule has 0 bridgehead atoms. The van der Waals surface area contributed by atoms with Crippen LogP contribution < -0.4 is 5.32 Å². The minimum absolute atomic E-state index is 0.0541. The Balaban J connectivity index is 1.47. The van der Waals surface area contributed by atoms with E-state index in [4.69, 9.17) is 16.0 Å². The van der Waals surface area contributed by atoms with Gasteiger partial charge < -0.3 is 14.6 Å². The lowest BCUT2D eigenvalue weighted by Gasteiger charge is -2.31. The smallest absolute Gasteiger partial charge is 0.257 e. The maximum atomic E-state index is 12.1. The fraction of sp³-hybridized carbons (Fsp3) is 0.438. The SMILES string of the molecule is CC(=O)N1CCC(NC(=O)CSc2nc3cc(Cl)ccc3o2)CC1. The molecule has 0 aliphatic carbocycles. The van der Waals surface area contributed by atoms with Crippen LogP contribution >= 0.6 is 23.4 Å². The molecule has 8 heteroatoms. The van der Waals surface area contributed by atoms with Crippen molar-refractivity contribution in [3.8, 4) is 0 Å². The first-order chi connectivity index (χ1) is 11.5. The molecule has 0 unspecified atom stereocenters. The van der Waals surface area contributed by atoms with Crippen molar-refractivity contribution in [2.75, 3.05) is 18.8 Å². The number of rotatable bonds is 4. The number of hydrogen-bond acceptors (Lipinski definition) is 5. The van der Waals surface area contributed by atoms with Crippen molar-refractivity contribution in [1.82, 2.24) is 15.2 Å². The zero-order valence-corrected chi connectivity index (χ0v) is 14.8. The van der Waals surface area contributed by atoms with Gasteiger partial charge >= 0.3 is 0 Å². The number of carbonyl (C=O) groups excluding carboxylic acids is 2. The minimum atomic E-state index is -0.0541. The molecule has 1 N–H and O–H groups in total. The Bertz CT molecular complexity index is 756. The third-order valence-electron chi connectivity index (χ3n) is 3.96. The maximum absolute atomic E-state index is 12.1. The second-order valence-electron chi connectivity index (χ2n) is 5.73. The van der Waals surface area contributed by atoms with E-state index in [0.717, 1.165) is 12.8 Å². The number of carbonyl (C=O) groups is 2. The Kier molecular flexibility index (Phi) is 5.30. The Hall–Kier alpha value is -1.73. The Labute approximate surface area is 148 Å². The molecule has 1 aliphatic heterocycles. The zero-order chi connectivity index (χ0) is 17.1. The highest BCUT2D eigenvalue weighted by atomic mass is 35.5. The van der Waals surface area contributed by atoms with E-state index in [1.165, 1.54) is 11.8 Å². The number of oxazole rings is 1. The maximum Gasteiger partial charge on any atom is 0.257 e. The molecule has 1 aromatic heterocycles. The first-order valence-electron chi connectivity index (χ1n) is 7.75. The fourth-order valence-corrected chi connectivity index (χ4v) is 3.49. The average molecular weight is 368 g/mol. The number of thioether (sulfide) groups is 1. The van der Waals surface area contributed by atoms with E-state index in [-0.39, 0.29) is 23.6 Å². The number of nitrogens with zero attached hydrogens (tertiary/aromatic N) is 2. The Morgan fingerprint density at radius 2 is 2.17 bits per heavy atom. The first-order valence-corrected chi connectivity index (χ1v) is 9.11. The molecule has 1 aromatic carbocycles. The summed E-state index contributed by atoms with van der Waals surface area (Å²) in [6.07, 6.45) is 1.58. The van der Waals surface area contributed by atoms with Crippen molar-refractivity contribution in [1.29, 1.82) is 0 Å². The summed E-state index contributed by atoms with van der Waals surface area (Å²) in [4.78, 5) is 29.5. The summed E-state index contributed by atoms with van der Waals surface area (Å²) in [5.41, 5.74) is 1.33. The van der Waals surface area contributed by atoms with Gasteiger partial charge in [-0.1, -0.05) is 23.4 Å². The summed E-state index contributed by atoms with van der Waals surface area (Å²) in [5.74, 6) is 0.279.